The minimum absolute atomic E-state index is 0.104. The Morgan fingerprint density at radius 3 is 2.50 bits per heavy atom. The van der Waals surface area contributed by atoms with Gasteiger partial charge in [0, 0.05) is 6.54 Å². The van der Waals surface area contributed by atoms with E-state index in [0.29, 0.717) is 23.3 Å². The molecule has 3 N–H and O–H groups in total. The van der Waals surface area contributed by atoms with E-state index in [1.165, 1.54) is 0 Å². The number of rotatable bonds is 2. The molecule has 0 spiro atoms. The van der Waals surface area contributed by atoms with Gasteiger partial charge in [0.25, 0.3) is 5.56 Å². The average Bonchev–Trinajstić information content (AvgIpc) is 2.47. The monoisotopic (exact) mass is 265 g/mol. The Labute approximate surface area is 116 Å². The van der Waals surface area contributed by atoms with Gasteiger partial charge in [0.05, 0.1) is 10.9 Å². The molecule has 0 saturated heterocycles. The molecule has 0 radical (unpaired) electrons. The van der Waals surface area contributed by atoms with Crippen LogP contribution in [0.3, 0.4) is 0 Å². The van der Waals surface area contributed by atoms with Crippen molar-refractivity contribution in [2.75, 3.05) is 0 Å². The first-order valence-corrected chi connectivity index (χ1v) is 6.47. The summed E-state index contributed by atoms with van der Waals surface area (Å²) in [4.78, 5) is 19.0. The molecule has 3 rings (SSSR count). The summed E-state index contributed by atoms with van der Waals surface area (Å²) >= 11 is 0. The van der Waals surface area contributed by atoms with E-state index in [2.05, 4.69) is 9.97 Å². The lowest BCUT2D eigenvalue weighted by atomic mass is 10.0. The summed E-state index contributed by atoms with van der Waals surface area (Å²) in [7, 11) is 0. The third kappa shape index (κ3) is 2.21. The van der Waals surface area contributed by atoms with Gasteiger partial charge in [0.2, 0.25) is 0 Å². The summed E-state index contributed by atoms with van der Waals surface area (Å²) in [6.07, 6.45) is 0. The first kappa shape index (κ1) is 12.6. The molecular formula is C16H15N3O. The first-order valence-electron chi connectivity index (χ1n) is 6.47. The molecule has 0 aliphatic carbocycles. The fraction of sp³-hybridized carbons (Fsp3) is 0.125. The summed E-state index contributed by atoms with van der Waals surface area (Å²) in [5.41, 5.74) is 9.35. The highest BCUT2D eigenvalue weighted by Crippen LogP contribution is 2.22. The average molecular weight is 265 g/mol. The van der Waals surface area contributed by atoms with Crippen LogP contribution in [0.2, 0.25) is 0 Å². The van der Waals surface area contributed by atoms with Crippen molar-refractivity contribution in [1.29, 1.82) is 0 Å². The summed E-state index contributed by atoms with van der Waals surface area (Å²) in [6.45, 7) is 2.31. The van der Waals surface area contributed by atoms with E-state index in [-0.39, 0.29) is 5.56 Å². The molecule has 4 heteroatoms. The second kappa shape index (κ2) is 4.90. The molecule has 0 amide bonds. The van der Waals surface area contributed by atoms with E-state index in [0.717, 1.165) is 16.7 Å². The highest BCUT2D eigenvalue weighted by Gasteiger charge is 2.04. The molecule has 0 aliphatic rings. The van der Waals surface area contributed by atoms with Crippen LogP contribution in [0.4, 0.5) is 0 Å². The van der Waals surface area contributed by atoms with Gasteiger partial charge in [-0.3, -0.25) is 4.79 Å². The SMILES string of the molecule is Cc1nc2ccc(-c3ccc(CN)cc3)cc2c(=O)[nH]1. The van der Waals surface area contributed by atoms with Crippen LogP contribution in [-0.2, 0) is 6.54 Å². The predicted octanol–water partition coefficient (Wildman–Crippen LogP) is 2.36. The minimum Gasteiger partial charge on any atom is -0.326 e. The smallest absolute Gasteiger partial charge is 0.258 e. The number of hydrogen-bond acceptors (Lipinski definition) is 3. The minimum atomic E-state index is -0.104. The quantitative estimate of drug-likeness (QED) is 0.747. The molecule has 0 unspecified atom stereocenters. The molecule has 0 aliphatic heterocycles. The Balaban J connectivity index is 2.14. The van der Waals surface area contributed by atoms with E-state index >= 15 is 0 Å². The Morgan fingerprint density at radius 1 is 1.10 bits per heavy atom. The predicted molar refractivity (Wildman–Crippen MR) is 80.4 cm³/mol. The number of aryl methyl sites for hydroxylation is 1. The fourth-order valence-electron chi connectivity index (χ4n) is 2.27. The van der Waals surface area contributed by atoms with Crippen molar-refractivity contribution in [3.63, 3.8) is 0 Å². The molecular weight excluding hydrogens is 250 g/mol. The first-order chi connectivity index (χ1) is 9.67. The summed E-state index contributed by atoms with van der Waals surface area (Å²) in [6, 6.07) is 13.8. The molecule has 1 aromatic heterocycles. The van der Waals surface area contributed by atoms with E-state index in [1.54, 1.807) is 6.92 Å². The number of H-pyrrole nitrogens is 1. The van der Waals surface area contributed by atoms with Crippen molar-refractivity contribution in [2.24, 2.45) is 5.73 Å². The molecule has 1 heterocycles. The number of nitrogens with one attached hydrogen (secondary N) is 1. The highest BCUT2D eigenvalue weighted by molar-refractivity contribution is 5.83. The Kier molecular flexibility index (Phi) is 3.08. The number of fused-ring (bicyclic) bond motifs is 1. The van der Waals surface area contributed by atoms with E-state index in [9.17, 15) is 4.79 Å². The van der Waals surface area contributed by atoms with Gasteiger partial charge in [-0.1, -0.05) is 30.3 Å². The van der Waals surface area contributed by atoms with Gasteiger partial charge in [0.1, 0.15) is 5.82 Å². The lowest BCUT2D eigenvalue weighted by Crippen LogP contribution is -2.09. The number of aromatic amines is 1. The number of hydrogen-bond donors (Lipinski definition) is 2. The molecule has 2 aromatic carbocycles. The molecule has 0 bridgehead atoms. The van der Waals surface area contributed by atoms with Crippen LogP contribution in [0, 0.1) is 6.92 Å². The fourth-order valence-corrected chi connectivity index (χ4v) is 2.27. The zero-order valence-electron chi connectivity index (χ0n) is 11.2. The van der Waals surface area contributed by atoms with Crippen molar-refractivity contribution in [3.05, 3.63) is 64.2 Å². The van der Waals surface area contributed by atoms with Crippen LogP contribution in [0.15, 0.2) is 47.3 Å². The van der Waals surface area contributed by atoms with Gasteiger partial charge >= 0.3 is 0 Å². The summed E-state index contributed by atoms with van der Waals surface area (Å²) in [5, 5.41) is 0.607. The van der Waals surface area contributed by atoms with Crippen molar-refractivity contribution in [1.82, 2.24) is 9.97 Å². The zero-order chi connectivity index (χ0) is 14.1. The van der Waals surface area contributed by atoms with Crippen LogP contribution in [0.5, 0.6) is 0 Å². The van der Waals surface area contributed by atoms with Crippen LogP contribution in [0.25, 0.3) is 22.0 Å². The third-order valence-corrected chi connectivity index (χ3v) is 3.35. The third-order valence-electron chi connectivity index (χ3n) is 3.35. The van der Waals surface area contributed by atoms with Gasteiger partial charge in [0.15, 0.2) is 0 Å². The van der Waals surface area contributed by atoms with E-state index in [1.807, 2.05) is 42.5 Å². The number of nitrogens with two attached hydrogens (primary N) is 1. The molecule has 0 fully saturated rings. The topological polar surface area (TPSA) is 71.8 Å². The summed E-state index contributed by atoms with van der Waals surface area (Å²) < 4.78 is 0. The van der Waals surface area contributed by atoms with Gasteiger partial charge in [-0.25, -0.2) is 4.98 Å². The summed E-state index contributed by atoms with van der Waals surface area (Å²) in [5.74, 6) is 0.627. The lowest BCUT2D eigenvalue weighted by Gasteiger charge is -2.05. The van der Waals surface area contributed by atoms with Gasteiger partial charge in [-0.2, -0.15) is 0 Å². The van der Waals surface area contributed by atoms with Crippen LogP contribution in [0.1, 0.15) is 11.4 Å². The maximum Gasteiger partial charge on any atom is 0.258 e. The van der Waals surface area contributed by atoms with Gasteiger partial charge in [-0.05, 0) is 35.7 Å². The maximum atomic E-state index is 12.0. The van der Waals surface area contributed by atoms with Crippen molar-refractivity contribution in [3.8, 4) is 11.1 Å². The number of benzene rings is 2. The van der Waals surface area contributed by atoms with E-state index in [4.69, 9.17) is 5.73 Å². The lowest BCUT2D eigenvalue weighted by molar-refractivity contribution is 1.06. The Morgan fingerprint density at radius 2 is 1.80 bits per heavy atom. The van der Waals surface area contributed by atoms with Crippen molar-refractivity contribution in [2.45, 2.75) is 13.5 Å². The second-order valence-corrected chi connectivity index (χ2v) is 4.78. The zero-order valence-corrected chi connectivity index (χ0v) is 11.2. The molecule has 100 valence electrons. The highest BCUT2D eigenvalue weighted by atomic mass is 16.1. The molecule has 0 atom stereocenters. The second-order valence-electron chi connectivity index (χ2n) is 4.78. The van der Waals surface area contributed by atoms with Crippen molar-refractivity contribution >= 4 is 10.9 Å². The van der Waals surface area contributed by atoms with Gasteiger partial charge < -0.3 is 10.7 Å². The van der Waals surface area contributed by atoms with Gasteiger partial charge in [-0.15, -0.1) is 0 Å². The molecule has 3 aromatic rings. The molecule has 4 nitrogen and oxygen atoms in total. The Hall–Kier alpha value is -2.46. The van der Waals surface area contributed by atoms with Crippen molar-refractivity contribution < 1.29 is 0 Å². The molecule has 20 heavy (non-hydrogen) atoms. The van der Waals surface area contributed by atoms with E-state index < -0.39 is 0 Å². The van der Waals surface area contributed by atoms with Crippen LogP contribution in [-0.4, -0.2) is 9.97 Å². The molecule has 0 saturated carbocycles. The standard InChI is InChI=1S/C16H15N3O/c1-10-18-15-7-6-13(8-14(15)16(20)19-10)12-4-2-11(9-17)3-5-12/h2-8H,9,17H2,1H3,(H,18,19,20). The Bertz CT molecular complexity index is 819. The number of aromatic nitrogens is 2. The largest absolute Gasteiger partial charge is 0.326 e. The number of nitrogens with zero attached hydrogens (tertiary/aromatic N) is 1. The van der Waals surface area contributed by atoms with Crippen LogP contribution >= 0.6 is 0 Å². The normalized spacial score (nSPS) is 10.9. The van der Waals surface area contributed by atoms with Crippen LogP contribution < -0.4 is 11.3 Å². The maximum absolute atomic E-state index is 12.0.